The van der Waals surface area contributed by atoms with Crippen LogP contribution in [-0.4, -0.2) is 20.3 Å². The zero-order valence-corrected chi connectivity index (χ0v) is 12.7. The highest BCUT2D eigenvalue weighted by Gasteiger charge is 2.09. The molecule has 0 aliphatic carbocycles. The normalized spacial score (nSPS) is 12.4. The maximum absolute atomic E-state index is 5.70. The smallest absolute Gasteiger partial charge is 0.124 e. The SMILES string of the molecule is CCCCOCc1cc(C(C)NCC)ccc1OC. The molecule has 1 N–H and O–H groups in total. The first kappa shape index (κ1) is 16.0. The first-order valence-electron chi connectivity index (χ1n) is 7.20. The standard InChI is InChI=1S/C16H27NO2/c1-5-7-10-19-12-15-11-14(13(3)17-6-2)8-9-16(15)18-4/h8-9,11,13,17H,5-7,10,12H2,1-4H3. The van der Waals surface area contributed by atoms with Crippen molar-refractivity contribution in [2.45, 2.75) is 46.3 Å². The van der Waals surface area contributed by atoms with Crippen molar-refractivity contribution in [2.24, 2.45) is 0 Å². The first-order valence-corrected chi connectivity index (χ1v) is 7.20. The van der Waals surface area contributed by atoms with Crippen LogP contribution in [0.15, 0.2) is 18.2 Å². The van der Waals surface area contributed by atoms with Gasteiger partial charge in [0.1, 0.15) is 5.75 Å². The number of ether oxygens (including phenoxy) is 2. The summed E-state index contributed by atoms with van der Waals surface area (Å²) in [6.07, 6.45) is 2.27. The van der Waals surface area contributed by atoms with E-state index in [4.69, 9.17) is 9.47 Å². The second-order valence-electron chi connectivity index (χ2n) is 4.76. The molecule has 0 bridgehead atoms. The van der Waals surface area contributed by atoms with E-state index in [1.807, 2.05) is 6.07 Å². The Balaban J connectivity index is 2.72. The molecule has 1 rings (SSSR count). The van der Waals surface area contributed by atoms with Gasteiger partial charge in [-0.15, -0.1) is 0 Å². The average molecular weight is 265 g/mol. The highest BCUT2D eigenvalue weighted by Crippen LogP contribution is 2.24. The van der Waals surface area contributed by atoms with E-state index in [0.29, 0.717) is 12.6 Å². The topological polar surface area (TPSA) is 30.5 Å². The van der Waals surface area contributed by atoms with Gasteiger partial charge in [-0.3, -0.25) is 0 Å². The molecule has 0 fully saturated rings. The van der Waals surface area contributed by atoms with Gasteiger partial charge < -0.3 is 14.8 Å². The van der Waals surface area contributed by atoms with E-state index in [1.165, 1.54) is 5.56 Å². The highest BCUT2D eigenvalue weighted by atomic mass is 16.5. The molecule has 0 radical (unpaired) electrons. The van der Waals surface area contributed by atoms with E-state index in [-0.39, 0.29) is 0 Å². The lowest BCUT2D eigenvalue weighted by Crippen LogP contribution is -2.17. The van der Waals surface area contributed by atoms with Crippen LogP contribution in [-0.2, 0) is 11.3 Å². The quantitative estimate of drug-likeness (QED) is 0.691. The fourth-order valence-corrected chi connectivity index (χ4v) is 2.03. The summed E-state index contributed by atoms with van der Waals surface area (Å²) < 4.78 is 11.1. The molecule has 0 aliphatic rings. The summed E-state index contributed by atoms with van der Waals surface area (Å²) in [6.45, 7) is 8.86. The summed E-state index contributed by atoms with van der Waals surface area (Å²) >= 11 is 0. The molecule has 0 aliphatic heterocycles. The Kier molecular flexibility index (Phi) is 7.53. The second kappa shape index (κ2) is 8.94. The molecular formula is C16H27NO2. The van der Waals surface area contributed by atoms with Crippen molar-refractivity contribution in [1.82, 2.24) is 5.32 Å². The van der Waals surface area contributed by atoms with Crippen molar-refractivity contribution >= 4 is 0 Å². The summed E-state index contributed by atoms with van der Waals surface area (Å²) in [7, 11) is 1.71. The largest absolute Gasteiger partial charge is 0.496 e. The Bertz CT molecular complexity index is 366. The van der Waals surface area contributed by atoms with Crippen LogP contribution in [0.2, 0.25) is 0 Å². The van der Waals surface area contributed by atoms with Crippen LogP contribution in [0.5, 0.6) is 5.75 Å². The molecule has 0 spiro atoms. The van der Waals surface area contributed by atoms with Crippen LogP contribution in [0.3, 0.4) is 0 Å². The van der Waals surface area contributed by atoms with Crippen LogP contribution in [0.25, 0.3) is 0 Å². The number of hydrogen-bond acceptors (Lipinski definition) is 3. The molecule has 0 heterocycles. The fourth-order valence-electron chi connectivity index (χ4n) is 2.03. The Hall–Kier alpha value is -1.06. The van der Waals surface area contributed by atoms with Crippen molar-refractivity contribution < 1.29 is 9.47 Å². The summed E-state index contributed by atoms with van der Waals surface area (Å²) in [5.41, 5.74) is 2.40. The molecule has 0 saturated carbocycles. The van der Waals surface area contributed by atoms with Crippen molar-refractivity contribution in [1.29, 1.82) is 0 Å². The summed E-state index contributed by atoms with van der Waals surface area (Å²) in [5.74, 6) is 0.906. The molecule has 3 nitrogen and oxygen atoms in total. The van der Waals surface area contributed by atoms with E-state index >= 15 is 0 Å². The second-order valence-corrected chi connectivity index (χ2v) is 4.76. The Labute approximate surface area is 117 Å². The fraction of sp³-hybridized carbons (Fsp3) is 0.625. The molecule has 1 aromatic carbocycles. The lowest BCUT2D eigenvalue weighted by Gasteiger charge is -2.16. The van der Waals surface area contributed by atoms with Gasteiger partial charge in [-0.05, 0) is 37.6 Å². The van der Waals surface area contributed by atoms with Crippen molar-refractivity contribution in [3.63, 3.8) is 0 Å². The number of methoxy groups -OCH3 is 1. The summed E-state index contributed by atoms with van der Waals surface area (Å²) in [5, 5.41) is 3.42. The molecule has 3 heteroatoms. The predicted octanol–water partition coefficient (Wildman–Crippen LogP) is 3.68. The monoisotopic (exact) mass is 265 g/mol. The number of nitrogens with one attached hydrogen (secondary N) is 1. The van der Waals surface area contributed by atoms with Gasteiger partial charge in [0.15, 0.2) is 0 Å². The molecular weight excluding hydrogens is 238 g/mol. The third-order valence-electron chi connectivity index (χ3n) is 3.21. The molecule has 1 atom stereocenters. The lowest BCUT2D eigenvalue weighted by atomic mass is 10.0. The predicted molar refractivity (Wildman–Crippen MR) is 79.6 cm³/mol. The number of hydrogen-bond donors (Lipinski definition) is 1. The van der Waals surface area contributed by atoms with E-state index in [9.17, 15) is 0 Å². The zero-order valence-electron chi connectivity index (χ0n) is 12.7. The molecule has 0 amide bonds. The van der Waals surface area contributed by atoms with Gasteiger partial charge in [-0.25, -0.2) is 0 Å². The van der Waals surface area contributed by atoms with Crippen LogP contribution >= 0.6 is 0 Å². The Morgan fingerprint density at radius 2 is 2.05 bits per heavy atom. The minimum absolute atomic E-state index is 0.352. The number of unbranched alkanes of at least 4 members (excludes halogenated alkanes) is 1. The van der Waals surface area contributed by atoms with Gasteiger partial charge in [0.25, 0.3) is 0 Å². The van der Waals surface area contributed by atoms with E-state index in [0.717, 1.165) is 37.3 Å². The van der Waals surface area contributed by atoms with E-state index < -0.39 is 0 Å². The Morgan fingerprint density at radius 3 is 2.68 bits per heavy atom. The van der Waals surface area contributed by atoms with Gasteiger partial charge >= 0.3 is 0 Å². The summed E-state index contributed by atoms with van der Waals surface area (Å²) in [6, 6.07) is 6.67. The summed E-state index contributed by atoms with van der Waals surface area (Å²) in [4.78, 5) is 0. The Morgan fingerprint density at radius 1 is 1.26 bits per heavy atom. The maximum Gasteiger partial charge on any atom is 0.124 e. The lowest BCUT2D eigenvalue weighted by molar-refractivity contribution is 0.116. The van der Waals surface area contributed by atoms with Gasteiger partial charge in [-0.2, -0.15) is 0 Å². The van der Waals surface area contributed by atoms with Crippen molar-refractivity contribution in [3.05, 3.63) is 29.3 Å². The van der Waals surface area contributed by atoms with Crippen LogP contribution < -0.4 is 10.1 Å². The van der Waals surface area contributed by atoms with Crippen LogP contribution in [0.1, 0.15) is 50.8 Å². The van der Waals surface area contributed by atoms with Crippen molar-refractivity contribution in [3.8, 4) is 5.75 Å². The molecule has 1 aromatic rings. The van der Waals surface area contributed by atoms with Gasteiger partial charge in [-0.1, -0.05) is 26.3 Å². The van der Waals surface area contributed by atoms with Crippen molar-refractivity contribution in [2.75, 3.05) is 20.3 Å². The van der Waals surface area contributed by atoms with Gasteiger partial charge in [0, 0.05) is 18.2 Å². The average Bonchev–Trinajstić information content (AvgIpc) is 2.43. The van der Waals surface area contributed by atoms with Gasteiger partial charge in [0.2, 0.25) is 0 Å². The number of benzene rings is 1. The third kappa shape index (κ3) is 5.21. The van der Waals surface area contributed by atoms with Gasteiger partial charge in [0.05, 0.1) is 13.7 Å². The van der Waals surface area contributed by atoms with E-state index in [1.54, 1.807) is 7.11 Å². The zero-order chi connectivity index (χ0) is 14.1. The third-order valence-corrected chi connectivity index (χ3v) is 3.21. The molecule has 0 aromatic heterocycles. The molecule has 1 unspecified atom stereocenters. The minimum Gasteiger partial charge on any atom is -0.496 e. The highest BCUT2D eigenvalue weighted by molar-refractivity contribution is 5.38. The van der Waals surface area contributed by atoms with Crippen LogP contribution in [0.4, 0.5) is 0 Å². The van der Waals surface area contributed by atoms with Crippen LogP contribution in [0, 0.1) is 0 Å². The first-order chi connectivity index (χ1) is 9.22. The maximum atomic E-state index is 5.70. The molecule has 19 heavy (non-hydrogen) atoms. The van der Waals surface area contributed by atoms with E-state index in [2.05, 4.69) is 38.2 Å². The number of rotatable bonds is 9. The molecule has 0 saturated heterocycles. The minimum atomic E-state index is 0.352. The molecule has 108 valence electrons.